The van der Waals surface area contributed by atoms with E-state index in [0.29, 0.717) is 16.5 Å². The molecule has 0 aliphatic carbocycles. The van der Waals surface area contributed by atoms with Crippen molar-refractivity contribution in [3.63, 3.8) is 0 Å². The molecule has 0 radical (unpaired) electrons. The number of aliphatic hydroxyl groups excluding tert-OH is 1. The maximum Gasteiger partial charge on any atom is 0.212 e. The molecule has 0 saturated carbocycles. The summed E-state index contributed by atoms with van der Waals surface area (Å²) in [5.41, 5.74) is 2.63. The summed E-state index contributed by atoms with van der Waals surface area (Å²) in [5, 5.41) is 9.72. The molecule has 0 fully saturated rings. The van der Waals surface area contributed by atoms with E-state index in [-0.39, 0.29) is 6.61 Å². The van der Waals surface area contributed by atoms with Crippen LogP contribution in [0.3, 0.4) is 0 Å². The van der Waals surface area contributed by atoms with Crippen LogP contribution in [0.15, 0.2) is 36.5 Å². The van der Waals surface area contributed by atoms with Crippen LogP contribution in [0.4, 0.5) is 0 Å². The highest BCUT2D eigenvalue weighted by atomic mass is 35.5. The Hall–Kier alpha value is -1.58. The summed E-state index contributed by atoms with van der Waals surface area (Å²) in [6.07, 6.45) is 1.73. The van der Waals surface area contributed by atoms with Crippen molar-refractivity contribution in [2.75, 3.05) is 7.11 Å². The normalized spacial score (nSPS) is 10.3. The van der Waals surface area contributed by atoms with Crippen molar-refractivity contribution >= 4 is 11.6 Å². The molecule has 1 N–H and O–H groups in total. The predicted molar refractivity (Wildman–Crippen MR) is 67.2 cm³/mol. The monoisotopic (exact) mass is 249 g/mol. The van der Waals surface area contributed by atoms with Crippen molar-refractivity contribution < 1.29 is 9.84 Å². The van der Waals surface area contributed by atoms with Crippen LogP contribution >= 0.6 is 11.6 Å². The lowest BCUT2D eigenvalue weighted by atomic mass is 10.1. The molecular weight excluding hydrogens is 238 g/mol. The van der Waals surface area contributed by atoms with Gasteiger partial charge in [-0.15, -0.1) is 0 Å². The van der Waals surface area contributed by atoms with Crippen molar-refractivity contribution in [2.24, 2.45) is 0 Å². The SMILES string of the molecule is COc1ccc(-c2ccc(Cl)c(CO)c2)cn1. The summed E-state index contributed by atoms with van der Waals surface area (Å²) < 4.78 is 5.00. The van der Waals surface area contributed by atoms with Gasteiger partial charge in [-0.05, 0) is 29.3 Å². The van der Waals surface area contributed by atoms with E-state index in [4.69, 9.17) is 21.4 Å². The zero-order valence-electron chi connectivity index (χ0n) is 9.35. The number of pyridine rings is 1. The third-order valence-electron chi connectivity index (χ3n) is 2.49. The predicted octanol–water partition coefficient (Wildman–Crippen LogP) is 2.90. The molecule has 0 amide bonds. The van der Waals surface area contributed by atoms with Gasteiger partial charge in [0.25, 0.3) is 0 Å². The molecular formula is C13H12ClNO2. The number of hydrogen-bond acceptors (Lipinski definition) is 3. The first-order chi connectivity index (χ1) is 8.24. The maximum atomic E-state index is 9.15. The fraction of sp³-hybridized carbons (Fsp3) is 0.154. The number of nitrogens with zero attached hydrogens (tertiary/aromatic N) is 1. The third-order valence-corrected chi connectivity index (χ3v) is 2.86. The summed E-state index contributed by atoms with van der Waals surface area (Å²) in [6, 6.07) is 9.22. The van der Waals surface area contributed by atoms with Crippen LogP contribution in [0.5, 0.6) is 5.88 Å². The van der Waals surface area contributed by atoms with Gasteiger partial charge in [-0.3, -0.25) is 0 Å². The molecule has 0 atom stereocenters. The summed E-state index contributed by atoms with van der Waals surface area (Å²) in [7, 11) is 1.58. The Morgan fingerprint density at radius 1 is 1.24 bits per heavy atom. The minimum atomic E-state index is -0.0732. The lowest BCUT2D eigenvalue weighted by Crippen LogP contribution is -1.89. The number of halogens is 1. The largest absolute Gasteiger partial charge is 0.481 e. The van der Waals surface area contributed by atoms with Crippen LogP contribution in [0.25, 0.3) is 11.1 Å². The quantitative estimate of drug-likeness (QED) is 0.910. The highest BCUT2D eigenvalue weighted by molar-refractivity contribution is 6.31. The Bertz CT molecular complexity index is 511. The van der Waals surface area contributed by atoms with Gasteiger partial charge in [0, 0.05) is 22.8 Å². The van der Waals surface area contributed by atoms with Crippen LogP contribution in [0.2, 0.25) is 5.02 Å². The average Bonchev–Trinajstić information content (AvgIpc) is 2.39. The number of hydrogen-bond donors (Lipinski definition) is 1. The highest BCUT2D eigenvalue weighted by Crippen LogP contribution is 2.25. The van der Waals surface area contributed by atoms with Gasteiger partial charge in [0.15, 0.2) is 0 Å². The van der Waals surface area contributed by atoms with Crippen LogP contribution in [-0.2, 0) is 6.61 Å². The second-order valence-corrected chi connectivity index (χ2v) is 3.96. The lowest BCUT2D eigenvalue weighted by molar-refractivity contribution is 0.282. The van der Waals surface area contributed by atoms with Gasteiger partial charge in [-0.1, -0.05) is 17.7 Å². The molecule has 0 aliphatic rings. The average molecular weight is 250 g/mol. The van der Waals surface area contributed by atoms with Gasteiger partial charge >= 0.3 is 0 Å². The van der Waals surface area contributed by atoms with Crippen LogP contribution in [0.1, 0.15) is 5.56 Å². The van der Waals surface area contributed by atoms with Crippen LogP contribution in [-0.4, -0.2) is 17.2 Å². The van der Waals surface area contributed by atoms with Gasteiger partial charge in [-0.25, -0.2) is 4.98 Å². The minimum Gasteiger partial charge on any atom is -0.481 e. The van der Waals surface area contributed by atoms with E-state index in [1.165, 1.54) is 0 Å². The minimum absolute atomic E-state index is 0.0732. The first kappa shape index (κ1) is 11.9. The molecule has 0 bridgehead atoms. The Kier molecular flexibility index (Phi) is 3.61. The molecule has 0 spiro atoms. The van der Waals surface area contributed by atoms with Crippen molar-refractivity contribution in [2.45, 2.75) is 6.61 Å². The molecule has 2 rings (SSSR count). The Balaban J connectivity index is 2.38. The summed E-state index contributed by atoms with van der Waals surface area (Å²) in [6.45, 7) is -0.0732. The number of benzene rings is 1. The maximum absolute atomic E-state index is 9.15. The van der Waals surface area contributed by atoms with Crippen LogP contribution in [0, 0.1) is 0 Å². The molecule has 2 aromatic rings. The van der Waals surface area contributed by atoms with Gasteiger partial charge in [-0.2, -0.15) is 0 Å². The summed E-state index contributed by atoms with van der Waals surface area (Å²) >= 11 is 5.94. The third kappa shape index (κ3) is 2.57. The molecule has 88 valence electrons. The zero-order chi connectivity index (χ0) is 12.3. The van der Waals surface area contributed by atoms with Gasteiger partial charge in [0.1, 0.15) is 0 Å². The Morgan fingerprint density at radius 2 is 2.00 bits per heavy atom. The molecule has 0 unspecified atom stereocenters. The van der Waals surface area contributed by atoms with Gasteiger partial charge in [0.2, 0.25) is 5.88 Å². The number of ether oxygens (including phenoxy) is 1. The van der Waals surface area contributed by atoms with Crippen molar-refractivity contribution in [1.29, 1.82) is 0 Å². The van der Waals surface area contributed by atoms with Gasteiger partial charge < -0.3 is 9.84 Å². The standard InChI is InChI=1S/C13H12ClNO2/c1-17-13-5-3-10(7-15-13)9-2-4-12(14)11(6-9)8-16/h2-7,16H,8H2,1H3. The Labute approximate surface area is 105 Å². The second kappa shape index (κ2) is 5.17. The fourth-order valence-corrected chi connectivity index (χ4v) is 1.72. The number of rotatable bonds is 3. The molecule has 0 saturated heterocycles. The van der Waals surface area contributed by atoms with Gasteiger partial charge in [0.05, 0.1) is 13.7 Å². The van der Waals surface area contributed by atoms with E-state index < -0.39 is 0 Å². The molecule has 1 heterocycles. The van der Waals surface area contributed by atoms with E-state index >= 15 is 0 Å². The van der Waals surface area contributed by atoms with Crippen molar-refractivity contribution in [1.82, 2.24) is 4.98 Å². The molecule has 1 aromatic heterocycles. The van der Waals surface area contributed by atoms with E-state index in [1.54, 1.807) is 25.4 Å². The zero-order valence-corrected chi connectivity index (χ0v) is 10.1. The first-order valence-electron chi connectivity index (χ1n) is 5.14. The lowest BCUT2D eigenvalue weighted by Gasteiger charge is -2.06. The first-order valence-corrected chi connectivity index (χ1v) is 5.52. The number of methoxy groups -OCH3 is 1. The second-order valence-electron chi connectivity index (χ2n) is 3.55. The van der Waals surface area contributed by atoms with E-state index in [9.17, 15) is 0 Å². The smallest absolute Gasteiger partial charge is 0.212 e. The Morgan fingerprint density at radius 3 is 2.59 bits per heavy atom. The van der Waals surface area contributed by atoms with E-state index in [1.807, 2.05) is 18.2 Å². The fourth-order valence-electron chi connectivity index (χ4n) is 1.55. The van der Waals surface area contributed by atoms with E-state index in [0.717, 1.165) is 11.1 Å². The molecule has 17 heavy (non-hydrogen) atoms. The van der Waals surface area contributed by atoms with E-state index in [2.05, 4.69) is 4.98 Å². The molecule has 1 aromatic carbocycles. The topological polar surface area (TPSA) is 42.4 Å². The summed E-state index contributed by atoms with van der Waals surface area (Å²) in [4.78, 5) is 4.13. The highest BCUT2D eigenvalue weighted by Gasteiger charge is 2.04. The van der Waals surface area contributed by atoms with Crippen molar-refractivity contribution in [3.05, 3.63) is 47.1 Å². The van der Waals surface area contributed by atoms with Crippen molar-refractivity contribution in [3.8, 4) is 17.0 Å². The molecule has 0 aliphatic heterocycles. The summed E-state index contributed by atoms with van der Waals surface area (Å²) in [5.74, 6) is 0.574. The van der Waals surface area contributed by atoms with Crippen LogP contribution < -0.4 is 4.74 Å². The number of aromatic nitrogens is 1. The number of aliphatic hydroxyl groups is 1. The molecule has 4 heteroatoms. The molecule has 3 nitrogen and oxygen atoms in total.